The van der Waals surface area contributed by atoms with E-state index in [0.717, 1.165) is 19.3 Å². The van der Waals surface area contributed by atoms with Gasteiger partial charge >= 0.3 is 0 Å². The van der Waals surface area contributed by atoms with Crippen LogP contribution >= 0.6 is 0 Å². The van der Waals surface area contributed by atoms with Gasteiger partial charge in [0.05, 0.1) is 6.61 Å². The van der Waals surface area contributed by atoms with Gasteiger partial charge in [-0.25, -0.2) is 0 Å². The maximum atomic E-state index is 8.70. The Kier molecular flexibility index (Phi) is 10.3. The van der Waals surface area contributed by atoms with Gasteiger partial charge in [-0.1, -0.05) is 33.6 Å². The highest BCUT2D eigenvalue weighted by molar-refractivity contribution is 6.74. The molecule has 0 heterocycles. The van der Waals surface area contributed by atoms with Crippen molar-refractivity contribution >= 4 is 8.32 Å². The number of ether oxygens (including phenoxy) is 2. The van der Waals surface area contributed by atoms with E-state index in [9.17, 15) is 0 Å². The van der Waals surface area contributed by atoms with E-state index in [1.807, 2.05) is 0 Å². The molecule has 1 N–H and O–H groups in total. The van der Waals surface area contributed by atoms with Crippen LogP contribution in [0.1, 0.15) is 47.0 Å². The summed E-state index contributed by atoms with van der Waals surface area (Å²) >= 11 is 0. The largest absolute Gasteiger partial charge is 0.416 e. The summed E-state index contributed by atoms with van der Waals surface area (Å²) in [6.45, 7) is 15.1. The normalized spacial score (nSPS) is 15.0. The summed E-state index contributed by atoms with van der Waals surface area (Å²) in [4.78, 5) is 0. The van der Waals surface area contributed by atoms with Gasteiger partial charge in [0.15, 0.2) is 8.32 Å². The van der Waals surface area contributed by atoms with Crippen LogP contribution in [0.5, 0.6) is 0 Å². The molecule has 4 nitrogen and oxygen atoms in total. The molecule has 0 saturated carbocycles. The summed E-state index contributed by atoms with van der Waals surface area (Å²) in [5.41, 5.74) is -0.0467. The predicted molar refractivity (Wildman–Crippen MR) is 97.8 cm³/mol. The number of aliphatic hydroxyl groups is 1. The zero-order valence-corrected chi connectivity index (χ0v) is 17.1. The molecule has 136 valence electrons. The number of aliphatic hydroxyl groups excluding tert-OH is 1. The van der Waals surface area contributed by atoms with Crippen molar-refractivity contribution in [3.8, 4) is 11.8 Å². The highest BCUT2D eigenvalue weighted by Crippen LogP contribution is 2.38. The molecular weight excluding hydrogens is 308 g/mol. The SMILES string of the molecule is COCOC[C@@](C)(CCCC#CCO)CO[Si](C)(C)C(C)(C)C. The maximum Gasteiger partial charge on any atom is 0.192 e. The van der Waals surface area contributed by atoms with Crippen LogP contribution in [0.2, 0.25) is 18.1 Å². The first kappa shape index (κ1) is 22.6. The lowest BCUT2D eigenvalue weighted by molar-refractivity contribution is -0.0727. The fourth-order valence-electron chi connectivity index (χ4n) is 1.88. The number of hydrogen-bond acceptors (Lipinski definition) is 4. The van der Waals surface area contributed by atoms with E-state index >= 15 is 0 Å². The summed E-state index contributed by atoms with van der Waals surface area (Å²) in [7, 11) is -0.137. The van der Waals surface area contributed by atoms with Gasteiger partial charge in [-0.05, 0) is 31.0 Å². The minimum absolute atomic E-state index is 0.0467. The van der Waals surface area contributed by atoms with Crippen LogP contribution in [-0.2, 0) is 13.9 Å². The minimum atomic E-state index is -1.77. The minimum Gasteiger partial charge on any atom is -0.416 e. The Morgan fingerprint density at radius 3 is 2.22 bits per heavy atom. The molecule has 0 amide bonds. The second-order valence-electron chi connectivity index (χ2n) is 7.98. The lowest BCUT2D eigenvalue weighted by Crippen LogP contribution is -2.44. The van der Waals surface area contributed by atoms with Gasteiger partial charge in [0, 0.05) is 25.6 Å². The molecule has 0 radical (unpaired) electrons. The van der Waals surface area contributed by atoms with E-state index in [1.54, 1.807) is 7.11 Å². The van der Waals surface area contributed by atoms with Gasteiger partial charge in [-0.2, -0.15) is 0 Å². The van der Waals surface area contributed by atoms with Gasteiger partial charge in [0.1, 0.15) is 13.4 Å². The topological polar surface area (TPSA) is 47.9 Å². The van der Waals surface area contributed by atoms with Gasteiger partial charge in [-0.15, -0.1) is 5.92 Å². The Morgan fingerprint density at radius 2 is 1.70 bits per heavy atom. The zero-order chi connectivity index (χ0) is 18.0. The van der Waals surface area contributed by atoms with Crippen LogP contribution in [0.3, 0.4) is 0 Å². The molecule has 0 spiro atoms. The third-order valence-corrected chi connectivity index (χ3v) is 9.00. The second kappa shape index (κ2) is 10.5. The molecule has 0 bridgehead atoms. The first-order valence-electron chi connectivity index (χ1n) is 8.35. The smallest absolute Gasteiger partial charge is 0.192 e. The van der Waals surface area contributed by atoms with E-state index in [2.05, 4.69) is 52.6 Å². The lowest BCUT2D eigenvalue weighted by atomic mass is 9.87. The van der Waals surface area contributed by atoms with Crippen LogP contribution in [0, 0.1) is 17.3 Å². The molecule has 0 aliphatic heterocycles. The third-order valence-electron chi connectivity index (χ3n) is 4.53. The van der Waals surface area contributed by atoms with Crippen molar-refractivity contribution in [1.82, 2.24) is 0 Å². The highest BCUT2D eigenvalue weighted by Gasteiger charge is 2.39. The molecule has 0 fully saturated rings. The van der Waals surface area contributed by atoms with Crippen LogP contribution < -0.4 is 0 Å². The molecule has 1 atom stereocenters. The van der Waals surface area contributed by atoms with Crippen molar-refractivity contribution in [2.24, 2.45) is 5.41 Å². The Morgan fingerprint density at radius 1 is 1.04 bits per heavy atom. The summed E-state index contributed by atoms with van der Waals surface area (Å²) in [5, 5.41) is 8.90. The molecule has 0 aromatic carbocycles. The molecule has 23 heavy (non-hydrogen) atoms. The first-order chi connectivity index (χ1) is 10.6. The summed E-state index contributed by atoms with van der Waals surface area (Å²) in [6.07, 6.45) is 2.74. The highest BCUT2D eigenvalue weighted by atomic mass is 28.4. The monoisotopic (exact) mass is 344 g/mol. The van der Waals surface area contributed by atoms with Crippen molar-refractivity contribution in [1.29, 1.82) is 0 Å². The van der Waals surface area contributed by atoms with Crippen LogP contribution in [0.4, 0.5) is 0 Å². The molecule has 0 aliphatic carbocycles. The number of hydrogen-bond donors (Lipinski definition) is 1. The van der Waals surface area contributed by atoms with E-state index in [-0.39, 0.29) is 17.1 Å². The Labute approximate surface area is 144 Å². The van der Waals surface area contributed by atoms with E-state index in [1.165, 1.54) is 0 Å². The second-order valence-corrected chi connectivity index (χ2v) is 12.8. The number of methoxy groups -OCH3 is 1. The van der Waals surface area contributed by atoms with Gasteiger partial charge < -0.3 is 19.0 Å². The van der Waals surface area contributed by atoms with E-state index in [4.69, 9.17) is 19.0 Å². The number of unbranched alkanes of at least 4 members (excludes halogenated alkanes) is 1. The van der Waals surface area contributed by atoms with E-state index < -0.39 is 8.32 Å². The predicted octanol–water partition coefficient (Wildman–Crippen LogP) is 3.80. The summed E-state index contributed by atoms with van der Waals surface area (Å²) in [6, 6.07) is 0. The van der Waals surface area contributed by atoms with Crippen LogP contribution in [0.25, 0.3) is 0 Å². The maximum absolute atomic E-state index is 8.70. The average Bonchev–Trinajstić information content (AvgIpc) is 2.44. The Bertz CT molecular complexity index is 379. The summed E-state index contributed by atoms with van der Waals surface area (Å²) < 4.78 is 17.0. The van der Waals surface area contributed by atoms with Crippen LogP contribution in [0.15, 0.2) is 0 Å². The molecule has 0 aliphatic rings. The molecule has 0 saturated heterocycles. The van der Waals surface area contributed by atoms with Gasteiger partial charge in [0.2, 0.25) is 0 Å². The van der Waals surface area contributed by atoms with Crippen LogP contribution in [-0.4, -0.2) is 47.1 Å². The first-order valence-corrected chi connectivity index (χ1v) is 11.3. The molecule has 5 heteroatoms. The fourth-order valence-corrected chi connectivity index (χ4v) is 3.02. The number of rotatable bonds is 10. The molecule has 0 aromatic rings. The van der Waals surface area contributed by atoms with Crippen molar-refractivity contribution in [2.75, 3.05) is 33.7 Å². The van der Waals surface area contributed by atoms with Crippen molar-refractivity contribution in [2.45, 2.75) is 65.1 Å². The zero-order valence-electron chi connectivity index (χ0n) is 16.1. The fraction of sp³-hybridized carbons (Fsp3) is 0.889. The van der Waals surface area contributed by atoms with Crippen molar-refractivity contribution in [3.63, 3.8) is 0 Å². The molecule has 0 aromatic heterocycles. The quantitative estimate of drug-likeness (QED) is 0.283. The summed E-state index contributed by atoms with van der Waals surface area (Å²) in [5.74, 6) is 5.67. The average molecular weight is 345 g/mol. The Hall–Kier alpha value is -0.383. The third kappa shape index (κ3) is 9.48. The van der Waals surface area contributed by atoms with Gasteiger partial charge in [-0.3, -0.25) is 0 Å². The molecule has 0 unspecified atom stereocenters. The standard InChI is InChI=1S/C18H36O4Si/c1-17(2,3)23(6,7)22-15-18(4,14-21-16-20-5)12-10-8-9-11-13-19/h19H,8,10,12-16H2,1-7H3/t18-/m1/s1. The molecule has 0 rings (SSSR count). The molecular formula is C18H36O4Si. The van der Waals surface area contributed by atoms with Crippen molar-refractivity contribution in [3.05, 3.63) is 0 Å². The van der Waals surface area contributed by atoms with Gasteiger partial charge in [0.25, 0.3) is 0 Å². The van der Waals surface area contributed by atoms with E-state index in [0.29, 0.717) is 20.0 Å². The van der Waals surface area contributed by atoms with Crippen molar-refractivity contribution < 1.29 is 19.0 Å². The lowest BCUT2D eigenvalue weighted by Gasteiger charge is -2.40. The Balaban J connectivity index is 4.64.